The van der Waals surface area contributed by atoms with Crippen molar-refractivity contribution in [3.8, 4) is 0 Å². The topological polar surface area (TPSA) is 24.9 Å². The average Bonchev–Trinajstić information content (AvgIpc) is 2.60. The lowest BCUT2D eigenvalue weighted by Crippen LogP contribution is -2.24. The molecule has 1 atom stereocenters. The number of fused-ring (bicyclic) bond motifs is 6. The third-order valence-corrected chi connectivity index (χ3v) is 4.49. The number of rotatable bonds is 0. The van der Waals surface area contributed by atoms with Gasteiger partial charge < -0.3 is 5.32 Å². The van der Waals surface area contributed by atoms with Crippen molar-refractivity contribution in [3.63, 3.8) is 0 Å². The standard InChI is InChI=1S/C20H14N2/c1-2-6-16-13(4-1)9-10-18-17(16)12-15-8-7-14-5-3-11-21-19(14)20(15)22-18/h1-12,18,22H. The summed E-state index contributed by atoms with van der Waals surface area (Å²) in [6.07, 6.45) is 8.59. The van der Waals surface area contributed by atoms with Crippen molar-refractivity contribution >= 4 is 34.3 Å². The maximum absolute atomic E-state index is 4.56. The third-order valence-electron chi connectivity index (χ3n) is 4.49. The Morgan fingerprint density at radius 2 is 1.86 bits per heavy atom. The molecule has 0 amide bonds. The van der Waals surface area contributed by atoms with Crippen LogP contribution in [0.25, 0.3) is 28.6 Å². The van der Waals surface area contributed by atoms with Crippen molar-refractivity contribution in [2.45, 2.75) is 6.04 Å². The number of benzene rings is 2. The molecule has 0 spiro atoms. The van der Waals surface area contributed by atoms with E-state index in [1.54, 1.807) is 0 Å². The van der Waals surface area contributed by atoms with E-state index >= 15 is 0 Å². The third kappa shape index (κ3) is 1.58. The Kier molecular flexibility index (Phi) is 2.30. The van der Waals surface area contributed by atoms with E-state index < -0.39 is 0 Å². The first-order valence-electron chi connectivity index (χ1n) is 7.54. The van der Waals surface area contributed by atoms with Crippen molar-refractivity contribution in [2.24, 2.45) is 0 Å². The highest BCUT2D eigenvalue weighted by Gasteiger charge is 2.25. The van der Waals surface area contributed by atoms with E-state index in [-0.39, 0.29) is 6.04 Å². The summed E-state index contributed by atoms with van der Waals surface area (Å²) in [5, 5.41) is 4.84. The molecule has 3 aromatic rings. The second kappa shape index (κ2) is 4.31. The summed E-state index contributed by atoms with van der Waals surface area (Å²) in [7, 11) is 0. The van der Waals surface area contributed by atoms with Gasteiger partial charge in [0, 0.05) is 17.1 Å². The van der Waals surface area contributed by atoms with Gasteiger partial charge in [-0.1, -0.05) is 54.6 Å². The Hall–Kier alpha value is -2.87. The molecule has 0 radical (unpaired) electrons. The minimum Gasteiger partial charge on any atom is -0.372 e. The summed E-state index contributed by atoms with van der Waals surface area (Å²) < 4.78 is 0. The molecule has 1 aliphatic carbocycles. The van der Waals surface area contributed by atoms with Crippen LogP contribution in [0.3, 0.4) is 0 Å². The molecule has 2 aromatic carbocycles. The summed E-state index contributed by atoms with van der Waals surface area (Å²) in [6, 6.07) is 17.2. The van der Waals surface area contributed by atoms with Crippen molar-refractivity contribution in [1.29, 1.82) is 0 Å². The maximum Gasteiger partial charge on any atom is 0.0939 e. The number of anilines is 1. The van der Waals surface area contributed by atoms with Crippen molar-refractivity contribution in [1.82, 2.24) is 4.98 Å². The molecule has 1 unspecified atom stereocenters. The van der Waals surface area contributed by atoms with Crippen LogP contribution in [0.15, 0.2) is 60.8 Å². The van der Waals surface area contributed by atoms with E-state index in [1.165, 1.54) is 27.6 Å². The Morgan fingerprint density at radius 3 is 2.86 bits per heavy atom. The molecule has 0 saturated carbocycles. The van der Waals surface area contributed by atoms with Gasteiger partial charge >= 0.3 is 0 Å². The normalized spacial score (nSPS) is 18.0. The predicted molar refractivity (Wildman–Crippen MR) is 92.5 cm³/mol. The van der Waals surface area contributed by atoms with Gasteiger partial charge in [0.1, 0.15) is 0 Å². The molecule has 0 saturated heterocycles. The molecule has 104 valence electrons. The van der Waals surface area contributed by atoms with Gasteiger partial charge in [-0.15, -0.1) is 0 Å². The molecule has 2 nitrogen and oxygen atoms in total. The number of nitrogens with one attached hydrogen (secondary N) is 1. The van der Waals surface area contributed by atoms with Crippen molar-refractivity contribution in [2.75, 3.05) is 5.32 Å². The first-order chi connectivity index (χ1) is 10.9. The highest BCUT2D eigenvalue weighted by Crippen LogP contribution is 2.39. The minimum absolute atomic E-state index is 0.218. The summed E-state index contributed by atoms with van der Waals surface area (Å²) in [4.78, 5) is 4.56. The van der Waals surface area contributed by atoms with Crippen LogP contribution >= 0.6 is 0 Å². The molecule has 1 aromatic heterocycles. The molecular weight excluding hydrogens is 268 g/mol. The number of nitrogens with zero attached hydrogens (tertiary/aromatic N) is 1. The van der Waals surface area contributed by atoms with Gasteiger partial charge in [-0.3, -0.25) is 4.98 Å². The first-order valence-corrected chi connectivity index (χ1v) is 7.54. The molecule has 1 aliphatic heterocycles. The van der Waals surface area contributed by atoms with Crippen LogP contribution in [0.5, 0.6) is 0 Å². The molecule has 2 heteroatoms. The van der Waals surface area contributed by atoms with Gasteiger partial charge in [0.2, 0.25) is 0 Å². The van der Waals surface area contributed by atoms with E-state index in [1.807, 2.05) is 12.3 Å². The van der Waals surface area contributed by atoms with Gasteiger partial charge in [-0.25, -0.2) is 0 Å². The van der Waals surface area contributed by atoms with Crippen LogP contribution < -0.4 is 5.32 Å². The van der Waals surface area contributed by atoms with E-state index in [9.17, 15) is 0 Å². The summed E-state index contributed by atoms with van der Waals surface area (Å²) in [5.74, 6) is 0. The van der Waals surface area contributed by atoms with Crippen LogP contribution in [-0.4, -0.2) is 11.0 Å². The summed E-state index contributed by atoms with van der Waals surface area (Å²) >= 11 is 0. The Balaban J connectivity index is 1.78. The van der Waals surface area contributed by atoms with Crippen LogP contribution in [0.1, 0.15) is 16.7 Å². The molecule has 1 N–H and O–H groups in total. The van der Waals surface area contributed by atoms with Gasteiger partial charge in [-0.2, -0.15) is 0 Å². The van der Waals surface area contributed by atoms with Crippen LogP contribution in [0.4, 0.5) is 5.69 Å². The van der Waals surface area contributed by atoms with Crippen LogP contribution in [-0.2, 0) is 0 Å². The van der Waals surface area contributed by atoms with Gasteiger partial charge in [0.05, 0.1) is 17.2 Å². The van der Waals surface area contributed by atoms with E-state index in [2.05, 4.69) is 71.0 Å². The van der Waals surface area contributed by atoms with Crippen molar-refractivity contribution < 1.29 is 0 Å². The van der Waals surface area contributed by atoms with Crippen LogP contribution in [0.2, 0.25) is 0 Å². The largest absolute Gasteiger partial charge is 0.372 e. The highest BCUT2D eigenvalue weighted by molar-refractivity contribution is 6.04. The molecule has 0 bridgehead atoms. The Bertz CT molecular complexity index is 966. The molecule has 2 aliphatic rings. The summed E-state index contributed by atoms with van der Waals surface area (Å²) in [6.45, 7) is 0. The average molecular weight is 282 g/mol. The second-order valence-corrected chi connectivity index (χ2v) is 5.77. The van der Waals surface area contributed by atoms with Crippen molar-refractivity contribution in [3.05, 3.63) is 77.5 Å². The molecular formula is C20H14N2. The predicted octanol–water partition coefficient (Wildman–Crippen LogP) is 4.60. The number of hydrogen-bond donors (Lipinski definition) is 1. The SMILES string of the molecule is C1=CC2Nc3c(ccc4cccnc34)C=C2c2ccccc21. The minimum atomic E-state index is 0.218. The molecule has 2 heterocycles. The fourth-order valence-electron chi connectivity index (χ4n) is 3.43. The zero-order valence-corrected chi connectivity index (χ0v) is 12.0. The lowest BCUT2D eigenvalue weighted by atomic mass is 9.85. The smallest absolute Gasteiger partial charge is 0.0939 e. The fraction of sp³-hybridized carbons (Fsp3) is 0.0500. The quantitative estimate of drug-likeness (QED) is 0.652. The van der Waals surface area contributed by atoms with E-state index in [0.29, 0.717) is 0 Å². The van der Waals surface area contributed by atoms with Gasteiger partial charge in [0.15, 0.2) is 0 Å². The van der Waals surface area contributed by atoms with Crippen LogP contribution in [0, 0.1) is 0 Å². The Labute approximate surface area is 128 Å². The zero-order chi connectivity index (χ0) is 14.5. The van der Waals surface area contributed by atoms with E-state index in [4.69, 9.17) is 0 Å². The number of hydrogen-bond acceptors (Lipinski definition) is 2. The summed E-state index contributed by atoms with van der Waals surface area (Å²) in [5.41, 5.74) is 7.32. The van der Waals surface area contributed by atoms with Gasteiger partial charge in [-0.05, 0) is 28.8 Å². The maximum atomic E-state index is 4.56. The number of pyridine rings is 1. The Morgan fingerprint density at radius 1 is 0.909 bits per heavy atom. The molecule has 5 rings (SSSR count). The first kappa shape index (κ1) is 11.8. The molecule has 22 heavy (non-hydrogen) atoms. The highest BCUT2D eigenvalue weighted by atomic mass is 14.9. The number of aromatic nitrogens is 1. The second-order valence-electron chi connectivity index (χ2n) is 5.77. The monoisotopic (exact) mass is 282 g/mol. The lowest BCUT2D eigenvalue weighted by Gasteiger charge is -2.30. The van der Waals surface area contributed by atoms with Gasteiger partial charge in [0.25, 0.3) is 0 Å². The molecule has 0 fully saturated rings. The fourth-order valence-corrected chi connectivity index (χ4v) is 3.43. The zero-order valence-electron chi connectivity index (χ0n) is 12.0. The van der Waals surface area contributed by atoms with E-state index in [0.717, 1.165) is 11.2 Å². The lowest BCUT2D eigenvalue weighted by molar-refractivity contribution is 1.11.